The van der Waals surface area contributed by atoms with Crippen molar-refractivity contribution < 1.29 is 14.4 Å². The van der Waals surface area contributed by atoms with Crippen molar-refractivity contribution in [1.82, 2.24) is 0 Å². The van der Waals surface area contributed by atoms with Crippen LogP contribution in [-0.4, -0.2) is 17.6 Å². The minimum Gasteiger partial charge on any atom is -0.299 e. The molecule has 0 radical (unpaired) electrons. The van der Waals surface area contributed by atoms with E-state index in [4.69, 9.17) is 0 Å². The average molecular weight is 325 g/mol. The van der Waals surface area contributed by atoms with E-state index in [1.165, 1.54) is 4.90 Å². The molecule has 5 rings (SSSR count). The predicted octanol–water partition coefficient (Wildman–Crippen LogP) is 3.09. The Morgan fingerprint density at radius 3 is 2.38 bits per heavy atom. The SMILES string of the molecule is CC(C)(C)c1cccc(N2C(=O)[C@H]3[C@@H]4CC[C@@H](C(=O)C4)[C@H]3C2=O)c1. The van der Waals surface area contributed by atoms with Crippen molar-refractivity contribution >= 4 is 23.3 Å². The quantitative estimate of drug-likeness (QED) is 0.746. The Labute approximate surface area is 142 Å². The summed E-state index contributed by atoms with van der Waals surface area (Å²) >= 11 is 0. The number of carbonyl (C=O) groups excluding carboxylic acids is 3. The highest BCUT2D eigenvalue weighted by atomic mass is 16.2. The number of hydrogen-bond acceptors (Lipinski definition) is 3. The first kappa shape index (κ1) is 15.6. The van der Waals surface area contributed by atoms with Gasteiger partial charge in [-0.15, -0.1) is 0 Å². The third-order valence-electron chi connectivity index (χ3n) is 6.04. The molecular weight excluding hydrogens is 302 g/mol. The number of hydrogen-bond donors (Lipinski definition) is 0. The molecule has 4 heteroatoms. The van der Waals surface area contributed by atoms with Gasteiger partial charge < -0.3 is 0 Å². The monoisotopic (exact) mass is 325 g/mol. The maximum absolute atomic E-state index is 13.0. The van der Waals surface area contributed by atoms with Crippen LogP contribution in [0.15, 0.2) is 24.3 Å². The van der Waals surface area contributed by atoms with E-state index in [1.807, 2.05) is 24.3 Å². The van der Waals surface area contributed by atoms with Crippen LogP contribution < -0.4 is 4.90 Å². The average Bonchev–Trinajstić information content (AvgIpc) is 2.80. The van der Waals surface area contributed by atoms with E-state index in [2.05, 4.69) is 20.8 Å². The number of rotatable bonds is 1. The van der Waals surface area contributed by atoms with Crippen molar-refractivity contribution in [1.29, 1.82) is 0 Å². The molecule has 3 aliphatic carbocycles. The van der Waals surface area contributed by atoms with Gasteiger partial charge in [0.1, 0.15) is 5.78 Å². The van der Waals surface area contributed by atoms with Gasteiger partial charge in [0, 0.05) is 12.3 Å². The number of ketones is 1. The van der Waals surface area contributed by atoms with Gasteiger partial charge in [-0.2, -0.15) is 0 Å². The molecule has 1 aromatic carbocycles. The summed E-state index contributed by atoms with van der Waals surface area (Å²) in [6, 6.07) is 7.69. The van der Waals surface area contributed by atoms with E-state index < -0.39 is 5.92 Å². The molecule has 1 heterocycles. The number of carbonyl (C=O) groups is 3. The molecule has 0 aromatic heterocycles. The molecule has 0 unspecified atom stereocenters. The number of fused-ring (bicyclic) bond motifs is 2. The molecule has 4 atom stereocenters. The largest absolute Gasteiger partial charge is 0.299 e. The second kappa shape index (κ2) is 5.01. The Hall–Kier alpha value is -1.97. The Morgan fingerprint density at radius 2 is 1.71 bits per heavy atom. The Morgan fingerprint density at radius 1 is 1.00 bits per heavy atom. The van der Waals surface area contributed by atoms with E-state index in [1.54, 1.807) is 0 Å². The smallest absolute Gasteiger partial charge is 0.238 e. The summed E-state index contributed by atoms with van der Waals surface area (Å²) in [6.45, 7) is 6.33. The van der Waals surface area contributed by atoms with Gasteiger partial charge >= 0.3 is 0 Å². The number of anilines is 1. The summed E-state index contributed by atoms with van der Waals surface area (Å²) in [5.74, 6) is -0.981. The van der Waals surface area contributed by atoms with Crippen molar-refractivity contribution in [3.63, 3.8) is 0 Å². The van der Waals surface area contributed by atoms with Gasteiger partial charge in [0.15, 0.2) is 0 Å². The molecule has 2 amide bonds. The molecule has 2 bridgehead atoms. The van der Waals surface area contributed by atoms with Crippen molar-refractivity contribution in [3.8, 4) is 0 Å². The van der Waals surface area contributed by atoms with Crippen molar-refractivity contribution in [2.24, 2.45) is 23.7 Å². The molecule has 1 aliphatic heterocycles. The zero-order chi connectivity index (χ0) is 17.2. The van der Waals surface area contributed by atoms with Gasteiger partial charge in [-0.1, -0.05) is 32.9 Å². The third kappa shape index (κ3) is 2.08. The molecule has 1 aromatic rings. The lowest BCUT2D eigenvalue weighted by Gasteiger charge is -2.41. The van der Waals surface area contributed by atoms with Crippen LogP contribution in [0.4, 0.5) is 5.69 Å². The highest BCUT2D eigenvalue weighted by Crippen LogP contribution is 2.52. The third-order valence-corrected chi connectivity index (χ3v) is 6.04. The zero-order valence-corrected chi connectivity index (χ0v) is 14.4. The van der Waals surface area contributed by atoms with Crippen LogP contribution in [0.1, 0.15) is 45.6 Å². The van der Waals surface area contributed by atoms with Crippen LogP contribution in [0, 0.1) is 23.7 Å². The summed E-state index contributed by atoms with van der Waals surface area (Å²) in [5, 5.41) is 0. The maximum atomic E-state index is 13.0. The second-order valence-corrected chi connectivity index (χ2v) is 8.48. The lowest BCUT2D eigenvalue weighted by Crippen LogP contribution is -2.46. The number of amides is 2. The first-order chi connectivity index (χ1) is 11.3. The van der Waals surface area contributed by atoms with E-state index in [-0.39, 0.29) is 40.8 Å². The van der Waals surface area contributed by atoms with Gasteiger partial charge in [0.2, 0.25) is 11.8 Å². The molecular formula is C20H23NO3. The topological polar surface area (TPSA) is 54.5 Å². The van der Waals surface area contributed by atoms with Gasteiger partial charge in [0.05, 0.1) is 17.5 Å². The molecule has 4 fully saturated rings. The van der Waals surface area contributed by atoms with Crippen molar-refractivity contribution in [2.75, 3.05) is 4.90 Å². The first-order valence-electron chi connectivity index (χ1n) is 8.80. The van der Waals surface area contributed by atoms with E-state index in [0.29, 0.717) is 12.1 Å². The van der Waals surface area contributed by atoms with Gasteiger partial charge in [-0.3, -0.25) is 19.3 Å². The summed E-state index contributed by atoms with van der Waals surface area (Å²) in [6.07, 6.45) is 2.13. The fourth-order valence-electron chi connectivity index (χ4n) is 4.75. The van der Waals surface area contributed by atoms with E-state index in [0.717, 1.165) is 18.4 Å². The molecule has 0 spiro atoms. The van der Waals surface area contributed by atoms with Crippen LogP contribution in [0.3, 0.4) is 0 Å². The Kier molecular flexibility index (Phi) is 3.25. The second-order valence-electron chi connectivity index (χ2n) is 8.48. The zero-order valence-electron chi connectivity index (χ0n) is 14.4. The van der Waals surface area contributed by atoms with Crippen molar-refractivity contribution in [2.45, 2.75) is 45.4 Å². The Balaban J connectivity index is 1.74. The summed E-state index contributed by atoms with van der Waals surface area (Å²) in [5.41, 5.74) is 1.69. The highest BCUT2D eigenvalue weighted by Gasteiger charge is 2.60. The summed E-state index contributed by atoms with van der Waals surface area (Å²) in [7, 11) is 0. The van der Waals surface area contributed by atoms with Crippen molar-refractivity contribution in [3.05, 3.63) is 29.8 Å². The van der Waals surface area contributed by atoms with Crippen LogP contribution in [0.5, 0.6) is 0 Å². The van der Waals surface area contributed by atoms with Gasteiger partial charge in [-0.05, 0) is 41.9 Å². The maximum Gasteiger partial charge on any atom is 0.238 e. The number of Topliss-reactive ketones (excluding diaryl/α,β-unsaturated/α-hetero) is 1. The van der Waals surface area contributed by atoms with E-state index in [9.17, 15) is 14.4 Å². The fourth-order valence-corrected chi connectivity index (χ4v) is 4.75. The molecule has 4 aliphatic rings. The van der Waals surface area contributed by atoms with Crippen LogP contribution in [0.25, 0.3) is 0 Å². The standard InChI is InChI=1S/C20H23NO3/c1-20(2,3)12-5-4-6-13(10-12)21-18(23)16-11-7-8-14(15(22)9-11)17(16)19(21)24/h4-6,10-11,14,16-17H,7-9H2,1-3H3/t11-,14+,16+,17-/m1/s1. The number of imide groups is 1. The lowest BCUT2D eigenvalue weighted by molar-refractivity contribution is -0.143. The number of nitrogens with zero attached hydrogens (tertiary/aromatic N) is 1. The Bertz CT molecular complexity index is 745. The van der Waals surface area contributed by atoms with E-state index >= 15 is 0 Å². The molecule has 4 nitrogen and oxygen atoms in total. The minimum atomic E-state index is -0.421. The minimum absolute atomic E-state index is 0.0520. The fraction of sp³-hybridized carbons (Fsp3) is 0.550. The highest BCUT2D eigenvalue weighted by molar-refractivity contribution is 6.23. The summed E-state index contributed by atoms with van der Waals surface area (Å²) < 4.78 is 0. The van der Waals surface area contributed by atoms with Crippen LogP contribution >= 0.6 is 0 Å². The van der Waals surface area contributed by atoms with Gasteiger partial charge in [0.25, 0.3) is 0 Å². The normalized spacial score (nSPS) is 32.5. The molecule has 0 N–H and O–H groups in total. The molecule has 24 heavy (non-hydrogen) atoms. The van der Waals surface area contributed by atoms with Crippen LogP contribution in [0.2, 0.25) is 0 Å². The lowest BCUT2D eigenvalue weighted by atomic mass is 9.59. The number of benzene rings is 1. The molecule has 126 valence electrons. The first-order valence-corrected chi connectivity index (χ1v) is 8.80. The van der Waals surface area contributed by atoms with Gasteiger partial charge in [-0.25, -0.2) is 0 Å². The molecule has 1 saturated heterocycles. The summed E-state index contributed by atoms with van der Waals surface area (Å²) in [4.78, 5) is 39.6. The van der Waals surface area contributed by atoms with Crippen LogP contribution in [-0.2, 0) is 19.8 Å². The molecule has 3 saturated carbocycles. The predicted molar refractivity (Wildman–Crippen MR) is 90.5 cm³/mol.